The summed E-state index contributed by atoms with van der Waals surface area (Å²) in [6, 6.07) is 9.55. The zero-order valence-electron chi connectivity index (χ0n) is 19.0. The lowest BCUT2D eigenvalue weighted by Gasteiger charge is -2.24. The number of ether oxygens (including phenoxy) is 1. The topological polar surface area (TPSA) is 132 Å². The summed E-state index contributed by atoms with van der Waals surface area (Å²) in [5.74, 6) is -1.55. The lowest BCUT2D eigenvalue weighted by atomic mass is 10.1. The summed E-state index contributed by atoms with van der Waals surface area (Å²) in [4.78, 5) is 52.8. The molecule has 2 saturated heterocycles. The van der Waals surface area contributed by atoms with E-state index >= 15 is 0 Å². The Kier molecular flexibility index (Phi) is 7.21. The van der Waals surface area contributed by atoms with Crippen molar-refractivity contribution in [2.45, 2.75) is 51.3 Å². The standard InChI is InChI=1S/C23H29N5O5/c1-23(2,3)33-22(32)26-18-9-10-27(21(18)31)14-19(29)28-13-15(11-17(28)12-24)20(30)25-16-7-5-4-6-8-16/h4-8,15,17-18H,9-11,13-14H2,1-3H3,(H,25,30)(H,26,32). The van der Waals surface area contributed by atoms with Crippen LogP contribution in [0.5, 0.6) is 0 Å². The van der Waals surface area contributed by atoms with Gasteiger partial charge in [0, 0.05) is 18.8 Å². The van der Waals surface area contributed by atoms with E-state index in [4.69, 9.17) is 4.74 Å². The molecule has 2 N–H and O–H groups in total. The van der Waals surface area contributed by atoms with Crippen LogP contribution in [0.4, 0.5) is 10.5 Å². The van der Waals surface area contributed by atoms with Crippen LogP contribution in [0.25, 0.3) is 0 Å². The predicted molar refractivity (Wildman–Crippen MR) is 119 cm³/mol. The lowest BCUT2D eigenvalue weighted by molar-refractivity contribution is -0.139. The van der Waals surface area contributed by atoms with E-state index < -0.39 is 35.6 Å². The molecule has 2 fully saturated rings. The maximum atomic E-state index is 12.9. The SMILES string of the molecule is CC(C)(C)OC(=O)NC1CCN(CC(=O)N2CC(C(=O)Nc3ccccc3)CC2C#N)C1=O. The molecule has 4 amide bonds. The van der Waals surface area contributed by atoms with E-state index in [2.05, 4.69) is 16.7 Å². The maximum absolute atomic E-state index is 12.9. The summed E-state index contributed by atoms with van der Waals surface area (Å²) in [6.07, 6.45) is -0.0994. The number of nitrogens with zero attached hydrogens (tertiary/aromatic N) is 3. The molecule has 0 saturated carbocycles. The summed E-state index contributed by atoms with van der Waals surface area (Å²) in [7, 11) is 0. The number of hydrogen-bond acceptors (Lipinski definition) is 6. The molecule has 10 heteroatoms. The molecular formula is C23H29N5O5. The molecule has 0 bridgehead atoms. The predicted octanol–water partition coefficient (Wildman–Crippen LogP) is 1.49. The number of likely N-dealkylation sites (tertiary alicyclic amines) is 2. The van der Waals surface area contributed by atoms with E-state index in [9.17, 15) is 24.4 Å². The molecule has 2 heterocycles. The van der Waals surface area contributed by atoms with Crippen molar-refractivity contribution in [3.05, 3.63) is 30.3 Å². The average molecular weight is 456 g/mol. The van der Waals surface area contributed by atoms with Crippen molar-refractivity contribution in [3.63, 3.8) is 0 Å². The number of carbonyl (C=O) groups excluding carboxylic acids is 4. The van der Waals surface area contributed by atoms with Gasteiger partial charge in [0.15, 0.2) is 0 Å². The van der Waals surface area contributed by atoms with Gasteiger partial charge in [-0.15, -0.1) is 0 Å². The van der Waals surface area contributed by atoms with Crippen molar-refractivity contribution in [1.29, 1.82) is 5.26 Å². The first kappa shape index (κ1) is 24.0. The Morgan fingerprint density at radius 1 is 1.21 bits per heavy atom. The fraction of sp³-hybridized carbons (Fsp3) is 0.522. The van der Waals surface area contributed by atoms with Gasteiger partial charge in [-0.25, -0.2) is 4.79 Å². The second-order valence-corrected chi connectivity index (χ2v) is 9.23. The highest BCUT2D eigenvalue weighted by molar-refractivity contribution is 5.94. The van der Waals surface area contributed by atoms with Crippen LogP contribution in [0, 0.1) is 17.2 Å². The van der Waals surface area contributed by atoms with Gasteiger partial charge in [0.2, 0.25) is 17.7 Å². The van der Waals surface area contributed by atoms with Crippen molar-refractivity contribution in [1.82, 2.24) is 15.1 Å². The van der Waals surface area contributed by atoms with E-state index in [0.717, 1.165) is 0 Å². The Bertz CT molecular complexity index is 952. The minimum atomic E-state index is -0.762. The Morgan fingerprint density at radius 2 is 1.91 bits per heavy atom. The molecule has 176 valence electrons. The summed E-state index contributed by atoms with van der Waals surface area (Å²) in [5.41, 5.74) is -0.0424. The third-order valence-electron chi connectivity index (χ3n) is 5.50. The van der Waals surface area contributed by atoms with Gasteiger partial charge in [-0.3, -0.25) is 14.4 Å². The molecular weight excluding hydrogens is 426 g/mol. The number of nitrogens with one attached hydrogen (secondary N) is 2. The number of anilines is 1. The highest BCUT2D eigenvalue weighted by Gasteiger charge is 2.41. The number of nitriles is 1. The fourth-order valence-corrected chi connectivity index (χ4v) is 3.92. The van der Waals surface area contributed by atoms with Crippen LogP contribution in [0.2, 0.25) is 0 Å². The quantitative estimate of drug-likeness (QED) is 0.691. The summed E-state index contributed by atoms with van der Waals surface area (Å²) in [5, 5.41) is 14.8. The van der Waals surface area contributed by atoms with Crippen LogP contribution < -0.4 is 10.6 Å². The number of amides is 4. The van der Waals surface area contributed by atoms with Gasteiger partial charge in [-0.1, -0.05) is 18.2 Å². The molecule has 10 nitrogen and oxygen atoms in total. The minimum Gasteiger partial charge on any atom is -0.444 e. The zero-order chi connectivity index (χ0) is 24.2. The molecule has 2 aliphatic rings. The number of carbonyl (C=O) groups is 4. The van der Waals surface area contributed by atoms with Crippen molar-refractivity contribution in [2.75, 3.05) is 25.0 Å². The van der Waals surface area contributed by atoms with Crippen LogP contribution >= 0.6 is 0 Å². The molecule has 1 aromatic rings. The molecule has 0 spiro atoms. The highest BCUT2D eigenvalue weighted by Crippen LogP contribution is 2.25. The number of alkyl carbamates (subject to hydrolysis) is 1. The lowest BCUT2D eigenvalue weighted by Crippen LogP contribution is -2.47. The normalized spacial score (nSPS) is 22.6. The van der Waals surface area contributed by atoms with E-state index in [1.807, 2.05) is 6.07 Å². The Labute approximate surface area is 192 Å². The largest absolute Gasteiger partial charge is 0.444 e. The van der Waals surface area contributed by atoms with Crippen LogP contribution in [-0.2, 0) is 19.1 Å². The van der Waals surface area contributed by atoms with Gasteiger partial charge in [-0.2, -0.15) is 5.26 Å². The summed E-state index contributed by atoms with van der Waals surface area (Å²) in [6.45, 7) is 5.37. The van der Waals surface area contributed by atoms with E-state index in [1.165, 1.54) is 9.80 Å². The molecule has 0 aliphatic carbocycles. The van der Waals surface area contributed by atoms with Crippen molar-refractivity contribution in [3.8, 4) is 6.07 Å². The highest BCUT2D eigenvalue weighted by atomic mass is 16.6. The number of hydrogen-bond donors (Lipinski definition) is 2. The molecule has 0 aromatic heterocycles. The number of rotatable bonds is 5. The Morgan fingerprint density at radius 3 is 2.55 bits per heavy atom. The first-order valence-electron chi connectivity index (χ1n) is 10.9. The molecule has 2 aliphatic heterocycles. The third-order valence-corrected chi connectivity index (χ3v) is 5.50. The monoisotopic (exact) mass is 455 g/mol. The second kappa shape index (κ2) is 9.90. The van der Waals surface area contributed by atoms with Crippen molar-refractivity contribution < 1.29 is 23.9 Å². The van der Waals surface area contributed by atoms with Gasteiger partial charge in [-0.05, 0) is 45.7 Å². The second-order valence-electron chi connectivity index (χ2n) is 9.23. The molecule has 1 aromatic carbocycles. The minimum absolute atomic E-state index is 0.108. The van der Waals surface area contributed by atoms with Crippen LogP contribution in [-0.4, -0.2) is 70.9 Å². The van der Waals surface area contributed by atoms with Gasteiger partial charge in [0.05, 0.1) is 18.5 Å². The first-order valence-corrected chi connectivity index (χ1v) is 10.9. The Hall–Kier alpha value is -3.61. The Balaban J connectivity index is 1.55. The average Bonchev–Trinajstić information content (AvgIpc) is 3.32. The van der Waals surface area contributed by atoms with Gasteiger partial charge in [0.1, 0.15) is 17.7 Å². The van der Waals surface area contributed by atoms with Gasteiger partial charge in [0.25, 0.3) is 0 Å². The van der Waals surface area contributed by atoms with Crippen LogP contribution in [0.3, 0.4) is 0 Å². The molecule has 3 unspecified atom stereocenters. The maximum Gasteiger partial charge on any atom is 0.408 e. The number of para-hydroxylation sites is 1. The summed E-state index contributed by atoms with van der Waals surface area (Å²) < 4.78 is 5.18. The van der Waals surface area contributed by atoms with E-state index in [-0.39, 0.29) is 31.3 Å². The van der Waals surface area contributed by atoms with Crippen LogP contribution in [0.1, 0.15) is 33.6 Å². The van der Waals surface area contributed by atoms with Crippen molar-refractivity contribution >= 4 is 29.5 Å². The van der Waals surface area contributed by atoms with Gasteiger partial charge < -0.3 is 25.2 Å². The van der Waals surface area contributed by atoms with Crippen molar-refractivity contribution in [2.24, 2.45) is 5.92 Å². The van der Waals surface area contributed by atoms with Gasteiger partial charge >= 0.3 is 6.09 Å². The fourth-order valence-electron chi connectivity index (χ4n) is 3.92. The summed E-state index contributed by atoms with van der Waals surface area (Å²) >= 11 is 0. The molecule has 3 atom stereocenters. The molecule has 33 heavy (non-hydrogen) atoms. The van der Waals surface area contributed by atoms with E-state index in [0.29, 0.717) is 18.7 Å². The molecule has 0 radical (unpaired) electrons. The van der Waals surface area contributed by atoms with Crippen LogP contribution in [0.15, 0.2) is 30.3 Å². The van der Waals surface area contributed by atoms with E-state index in [1.54, 1.807) is 45.0 Å². The molecule has 3 rings (SSSR count). The smallest absolute Gasteiger partial charge is 0.408 e. The zero-order valence-corrected chi connectivity index (χ0v) is 19.0. The first-order chi connectivity index (χ1) is 15.6. The number of benzene rings is 1. The third kappa shape index (κ3) is 6.22.